The van der Waals surface area contributed by atoms with Crippen LogP contribution >= 0.6 is 11.8 Å². The van der Waals surface area contributed by atoms with E-state index in [0.29, 0.717) is 12.5 Å². The van der Waals surface area contributed by atoms with E-state index in [1.807, 2.05) is 11.8 Å². The summed E-state index contributed by atoms with van der Waals surface area (Å²) in [5, 5.41) is 2.95. The number of halogens is 3. The van der Waals surface area contributed by atoms with Crippen LogP contribution in [0.15, 0.2) is 6.07 Å². The molecule has 20 heavy (non-hydrogen) atoms. The maximum absolute atomic E-state index is 12.7. The molecule has 0 aromatic carbocycles. The van der Waals surface area contributed by atoms with Crippen LogP contribution in [0.2, 0.25) is 0 Å². The van der Waals surface area contributed by atoms with Gasteiger partial charge in [-0.05, 0) is 30.3 Å². The molecule has 0 radical (unpaired) electrons. The number of hydrazine groups is 1. The predicted molar refractivity (Wildman–Crippen MR) is 73.4 cm³/mol. The van der Waals surface area contributed by atoms with Crippen molar-refractivity contribution in [1.29, 1.82) is 0 Å². The number of anilines is 2. The fourth-order valence-electron chi connectivity index (χ4n) is 1.95. The molecule has 0 atom stereocenters. The molecule has 112 valence electrons. The van der Waals surface area contributed by atoms with Crippen LogP contribution in [0.1, 0.15) is 18.5 Å². The number of hydrogen-bond acceptors (Lipinski definition) is 6. The molecule has 1 aromatic rings. The number of aromatic nitrogens is 2. The average molecular weight is 307 g/mol. The monoisotopic (exact) mass is 307 g/mol. The summed E-state index contributed by atoms with van der Waals surface area (Å²) in [7, 11) is 0. The minimum Gasteiger partial charge on any atom is -0.370 e. The SMILES string of the molecule is NNc1nc(NCC2CCSCC2)cc(C(F)(F)F)n1. The molecule has 0 unspecified atom stereocenters. The topological polar surface area (TPSA) is 75.9 Å². The molecule has 2 heterocycles. The molecule has 0 bridgehead atoms. The first-order valence-electron chi connectivity index (χ1n) is 6.23. The third-order valence-electron chi connectivity index (χ3n) is 3.06. The smallest absolute Gasteiger partial charge is 0.370 e. The number of nitrogens with two attached hydrogens (primary N) is 1. The van der Waals surface area contributed by atoms with Gasteiger partial charge in [-0.25, -0.2) is 10.8 Å². The number of rotatable bonds is 4. The zero-order valence-corrected chi connectivity index (χ0v) is 11.5. The molecule has 1 saturated heterocycles. The van der Waals surface area contributed by atoms with Gasteiger partial charge in [0, 0.05) is 12.6 Å². The minimum absolute atomic E-state index is 0.138. The molecule has 0 spiro atoms. The molecule has 9 heteroatoms. The summed E-state index contributed by atoms with van der Waals surface area (Å²) in [6, 6.07) is 0.901. The van der Waals surface area contributed by atoms with Crippen LogP contribution in [0.4, 0.5) is 24.9 Å². The first-order chi connectivity index (χ1) is 9.49. The molecule has 1 aromatic heterocycles. The van der Waals surface area contributed by atoms with Gasteiger partial charge >= 0.3 is 6.18 Å². The quantitative estimate of drug-likeness (QED) is 0.585. The van der Waals surface area contributed by atoms with Gasteiger partial charge in [-0.2, -0.15) is 29.9 Å². The lowest BCUT2D eigenvalue weighted by molar-refractivity contribution is -0.141. The van der Waals surface area contributed by atoms with Crippen molar-refractivity contribution in [2.45, 2.75) is 19.0 Å². The lowest BCUT2D eigenvalue weighted by Crippen LogP contribution is -2.21. The largest absolute Gasteiger partial charge is 0.433 e. The Bertz CT molecular complexity index is 448. The number of nitrogen functional groups attached to an aromatic ring is 1. The summed E-state index contributed by atoms with van der Waals surface area (Å²) in [5.41, 5.74) is 1.04. The Balaban J connectivity index is 2.06. The number of nitrogens with one attached hydrogen (secondary N) is 2. The van der Waals surface area contributed by atoms with Gasteiger partial charge in [0.05, 0.1) is 0 Å². The normalized spacial score (nSPS) is 17.0. The van der Waals surface area contributed by atoms with Gasteiger partial charge in [0.15, 0.2) is 5.69 Å². The summed E-state index contributed by atoms with van der Waals surface area (Å²) in [4.78, 5) is 7.19. The zero-order chi connectivity index (χ0) is 14.6. The zero-order valence-electron chi connectivity index (χ0n) is 10.7. The molecule has 5 nitrogen and oxygen atoms in total. The van der Waals surface area contributed by atoms with E-state index in [-0.39, 0.29) is 11.8 Å². The van der Waals surface area contributed by atoms with Crippen LogP contribution in [-0.4, -0.2) is 28.0 Å². The maximum atomic E-state index is 12.7. The van der Waals surface area contributed by atoms with Crippen LogP contribution in [0.3, 0.4) is 0 Å². The first-order valence-corrected chi connectivity index (χ1v) is 7.39. The Morgan fingerprint density at radius 3 is 2.60 bits per heavy atom. The van der Waals surface area contributed by atoms with E-state index in [1.165, 1.54) is 0 Å². The molecular formula is C11H16F3N5S. The summed E-state index contributed by atoms with van der Waals surface area (Å²) in [6.45, 7) is 0.610. The van der Waals surface area contributed by atoms with Crippen molar-refractivity contribution in [3.05, 3.63) is 11.8 Å². The molecule has 4 N–H and O–H groups in total. The highest BCUT2D eigenvalue weighted by molar-refractivity contribution is 7.99. The molecular weight excluding hydrogens is 291 g/mol. The van der Waals surface area contributed by atoms with E-state index < -0.39 is 11.9 Å². The van der Waals surface area contributed by atoms with E-state index in [9.17, 15) is 13.2 Å². The number of hydrogen-bond donors (Lipinski definition) is 3. The average Bonchev–Trinajstić information content (AvgIpc) is 2.45. The van der Waals surface area contributed by atoms with E-state index in [0.717, 1.165) is 30.4 Å². The molecule has 2 rings (SSSR count). The number of thioether (sulfide) groups is 1. The Hall–Kier alpha value is -1.22. The van der Waals surface area contributed by atoms with E-state index in [4.69, 9.17) is 5.84 Å². The summed E-state index contributed by atoms with van der Waals surface area (Å²) < 4.78 is 38.1. The lowest BCUT2D eigenvalue weighted by Gasteiger charge is -2.22. The van der Waals surface area contributed by atoms with Gasteiger partial charge in [0.25, 0.3) is 0 Å². The second-order valence-electron chi connectivity index (χ2n) is 4.54. The Labute approximate surface area is 118 Å². The van der Waals surface area contributed by atoms with Gasteiger partial charge in [-0.15, -0.1) is 0 Å². The van der Waals surface area contributed by atoms with Crippen molar-refractivity contribution in [2.24, 2.45) is 11.8 Å². The fraction of sp³-hybridized carbons (Fsp3) is 0.636. The minimum atomic E-state index is -4.52. The van der Waals surface area contributed by atoms with Crippen molar-refractivity contribution in [3.8, 4) is 0 Å². The van der Waals surface area contributed by atoms with Gasteiger partial charge in [-0.3, -0.25) is 5.43 Å². The third-order valence-corrected chi connectivity index (χ3v) is 4.11. The van der Waals surface area contributed by atoms with Crippen LogP contribution in [0, 0.1) is 5.92 Å². The van der Waals surface area contributed by atoms with Crippen molar-refractivity contribution in [1.82, 2.24) is 9.97 Å². The molecule has 1 fully saturated rings. The van der Waals surface area contributed by atoms with Crippen LogP contribution in [0.25, 0.3) is 0 Å². The first kappa shape index (κ1) is 15.2. The Morgan fingerprint density at radius 1 is 1.30 bits per heavy atom. The second-order valence-corrected chi connectivity index (χ2v) is 5.77. The van der Waals surface area contributed by atoms with Gasteiger partial charge < -0.3 is 5.32 Å². The Morgan fingerprint density at radius 2 is 2.00 bits per heavy atom. The summed E-state index contributed by atoms with van der Waals surface area (Å²) >= 11 is 1.90. The third kappa shape index (κ3) is 4.14. The van der Waals surface area contributed by atoms with E-state index >= 15 is 0 Å². The predicted octanol–water partition coefficient (Wildman–Crippen LogP) is 2.34. The lowest BCUT2D eigenvalue weighted by atomic mass is 10.0. The standard InChI is InChI=1S/C11H16F3N5S/c12-11(13,14)8-5-9(18-10(17-8)19-15)16-6-7-1-3-20-4-2-7/h5,7H,1-4,6,15H2,(H2,16,17,18,19). The fourth-order valence-corrected chi connectivity index (χ4v) is 3.15. The molecule has 0 saturated carbocycles. The molecule has 0 amide bonds. The van der Waals surface area contributed by atoms with Crippen molar-refractivity contribution < 1.29 is 13.2 Å². The van der Waals surface area contributed by atoms with Crippen LogP contribution in [-0.2, 0) is 6.18 Å². The van der Waals surface area contributed by atoms with Crippen molar-refractivity contribution in [3.63, 3.8) is 0 Å². The van der Waals surface area contributed by atoms with Crippen molar-refractivity contribution in [2.75, 3.05) is 28.8 Å². The highest BCUT2D eigenvalue weighted by atomic mass is 32.2. The molecule has 0 aliphatic carbocycles. The molecule has 1 aliphatic rings. The highest BCUT2D eigenvalue weighted by Gasteiger charge is 2.33. The maximum Gasteiger partial charge on any atom is 0.433 e. The molecule has 1 aliphatic heterocycles. The van der Waals surface area contributed by atoms with Crippen LogP contribution < -0.4 is 16.6 Å². The Kier molecular flexibility index (Phi) is 4.92. The summed E-state index contributed by atoms with van der Waals surface area (Å²) in [5.74, 6) is 7.65. The van der Waals surface area contributed by atoms with Gasteiger partial charge in [0.2, 0.25) is 5.95 Å². The summed E-state index contributed by atoms with van der Waals surface area (Å²) in [6.07, 6.45) is -2.39. The second kappa shape index (κ2) is 6.49. The highest BCUT2D eigenvalue weighted by Crippen LogP contribution is 2.30. The number of alkyl halides is 3. The number of nitrogens with zero attached hydrogens (tertiary/aromatic N) is 2. The van der Waals surface area contributed by atoms with Crippen LogP contribution in [0.5, 0.6) is 0 Å². The van der Waals surface area contributed by atoms with Gasteiger partial charge in [0.1, 0.15) is 5.82 Å². The van der Waals surface area contributed by atoms with Gasteiger partial charge in [-0.1, -0.05) is 0 Å². The van der Waals surface area contributed by atoms with E-state index in [2.05, 4.69) is 20.7 Å². The van der Waals surface area contributed by atoms with E-state index in [1.54, 1.807) is 0 Å². The van der Waals surface area contributed by atoms with Crippen molar-refractivity contribution >= 4 is 23.5 Å².